The van der Waals surface area contributed by atoms with Gasteiger partial charge in [0.05, 0.1) is 10.9 Å². The molecule has 2 aromatic carbocycles. The highest BCUT2D eigenvalue weighted by molar-refractivity contribution is 6.39. The van der Waals surface area contributed by atoms with Gasteiger partial charge < -0.3 is 24.9 Å². The molecule has 0 bridgehead atoms. The van der Waals surface area contributed by atoms with E-state index < -0.39 is 5.92 Å². The lowest BCUT2D eigenvalue weighted by Gasteiger charge is -2.38. The average molecular weight is 667 g/mol. The molecule has 2 fully saturated rings. The summed E-state index contributed by atoms with van der Waals surface area (Å²) in [6.45, 7) is 5.69. The monoisotopic (exact) mass is 665 g/mol. The van der Waals surface area contributed by atoms with Gasteiger partial charge in [0.2, 0.25) is 11.8 Å². The number of hydrogen-bond donors (Lipinski definition) is 2. The number of benzene rings is 2. The maximum atomic E-state index is 14.2. The predicted molar refractivity (Wildman–Crippen MR) is 179 cm³/mol. The summed E-state index contributed by atoms with van der Waals surface area (Å²) in [5, 5.41) is 11.9. The Labute approximate surface area is 279 Å². The van der Waals surface area contributed by atoms with Gasteiger partial charge in [-0.05, 0) is 80.4 Å². The molecule has 1 atom stereocenters. The number of aromatic amines is 1. The number of likely N-dealkylation sites (tertiary alicyclic amines) is 2. The van der Waals surface area contributed by atoms with Crippen molar-refractivity contribution in [2.45, 2.75) is 64.0 Å². The quantitative estimate of drug-likeness (QED) is 0.371. The number of H-pyrrole nitrogens is 1. The number of nitrogens with zero attached hydrogens (tertiary/aromatic N) is 5. The van der Waals surface area contributed by atoms with Crippen LogP contribution in [0.4, 0.5) is 10.5 Å². The number of hydrogen-bond acceptors (Lipinski definition) is 5. The molecule has 3 aromatic rings. The SMILES string of the molecule is O=C(CC1Cc2cc(Cl)c3n[nH]c(Cl)c3c2CN(CCN2CCCCC2)C1=O)N1CCC(N2CCc3ccccc3NC2=O)CC1. The Kier molecular flexibility index (Phi) is 9.12. The number of halogens is 2. The largest absolute Gasteiger partial charge is 0.343 e. The number of fused-ring (bicyclic) bond motifs is 4. The molecule has 2 saturated heterocycles. The highest BCUT2D eigenvalue weighted by Gasteiger charge is 2.36. The second kappa shape index (κ2) is 13.4. The molecule has 4 aliphatic rings. The second-order valence-electron chi connectivity index (χ2n) is 13.2. The van der Waals surface area contributed by atoms with Crippen LogP contribution in [0.5, 0.6) is 0 Å². The van der Waals surface area contributed by atoms with Crippen molar-refractivity contribution in [3.63, 3.8) is 0 Å². The summed E-state index contributed by atoms with van der Waals surface area (Å²) >= 11 is 13.2. The molecule has 7 rings (SSSR count). The summed E-state index contributed by atoms with van der Waals surface area (Å²) in [7, 11) is 0. The van der Waals surface area contributed by atoms with Crippen molar-refractivity contribution >= 4 is 57.6 Å². The fraction of sp³-hybridized carbons (Fsp3) is 0.529. The van der Waals surface area contributed by atoms with Gasteiger partial charge in [0.1, 0.15) is 10.7 Å². The molecule has 2 N–H and O–H groups in total. The normalized spacial score (nSPS) is 21.5. The van der Waals surface area contributed by atoms with Gasteiger partial charge in [0.15, 0.2) is 0 Å². The van der Waals surface area contributed by atoms with E-state index in [1.54, 1.807) is 0 Å². The molecule has 0 saturated carbocycles. The second-order valence-corrected chi connectivity index (χ2v) is 14.0. The zero-order valence-corrected chi connectivity index (χ0v) is 27.6. The van der Waals surface area contributed by atoms with Gasteiger partial charge in [0, 0.05) is 62.8 Å². The molecule has 1 aromatic heterocycles. The van der Waals surface area contributed by atoms with Crippen LogP contribution in [0.15, 0.2) is 30.3 Å². The Bertz CT molecular complexity index is 1630. The zero-order chi connectivity index (χ0) is 31.8. The summed E-state index contributed by atoms with van der Waals surface area (Å²) in [6.07, 6.45) is 6.41. The van der Waals surface area contributed by atoms with Crippen molar-refractivity contribution in [3.8, 4) is 0 Å². The van der Waals surface area contributed by atoms with Crippen molar-refractivity contribution in [3.05, 3.63) is 57.2 Å². The first kappa shape index (κ1) is 31.3. The number of carbonyl (C=O) groups is 3. The van der Waals surface area contributed by atoms with E-state index in [1.165, 1.54) is 19.3 Å². The molecule has 5 heterocycles. The molecule has 4 aliphatic heterocycles. The predicted octanol–water partition coefficient (Wildman–Crippen LogP) is 5.33. The van der Waals surface area contributed by atoms with Crippen LogP contribution >= 0.6 is 23.2 Å². The van der Waals surface area contributed by atoms with Gasteiger partial charge in [-0.15, -0.1) is 0 Å². The van der Waals surface area contributed by atoms with E-state index >= 15 is 0 Å². The van der Waals surface area contributed by atoms with Gasteiger partial charge in [0.25, 0.3) is 0 Å². The van der Waals surface area contributed by atoms with Gasteiger partial charge in [-0.1, -0.05) is 47.8 Å². The van der Waals surface area contributed by atoms with Crippen LogP contribution in [0.25, 0.3) is 10.9 Å². The molecule has 1 unspecified atom stereocenters. The fourth-order valence-corrected chi connectivity index (χ4v) is 8.29. The van der Waals surface area contributed by atoms with E-state index in [0.29, 0.717) is 67.7 Å². The zero-order valence-electron chi connectivity index (χ0n) is 26.1. The minimum atomic E-state index is -0.498. The standard InChI is InChI=1S/C34H41Cl2N7O3/c35-27-19-23-18-24(33(45)42(17-16-40-11-4-1-5-12-40)21-26(23)30-31(27)38-39-32(30)36)20-29(44)41-13-9-25(10-14-41)43-15-8-22-6-2-3-7-28(22)37-34(43)46/h2-3,6-7,19,24-25H,1,4-5,8-18,20-21H2,(H,37,46)(H,38,39). The summed E-state index contributed by atoms with van der Waals surface area (Å²) in [5.74, 6) is -0.513. The van der Waals surface area contributed by atoms with Crippen LogP contribution < -0.4 is 5.32 Å². The number of para-hydroxylation sites is 1. The lowest BCUT2D eigenvalue weighted by atomic mass is 9.92. The van der Waals surface area contributed by atoms with Crippen LogP contribution in [-0.2, 0) is 29.0 Å². The number of anilines is 1. The number of urea groups is 1. The van der Waals surface area contributed by atoms with Crippen molar-refractivity contribution in [1.29, 1.82) is 0 Å². The molecular formula is C34H41Cl2N7O3. The number of piperidine rings is 2. The molecule has 244 valence electrons. The lowest BCUT2D eigenvalue weighted by Crippen LogP contribution is -2.50. The number of rotatable bonds is 6. The van der Waals surface area contributed by atoms with E-state index in [9.17, 15) is 14.4 Å². The maximum Gasteiger partial charge on any atom is 0.322 e. The lowest BCUT2D eigenvalue weighted by molar-refractivity contribution is -0.142. The van der Waals surface area contributed by atoms with E-state index in [2.05, 4.69) is 26.5 Å². The van der Waals surface area contributed by atoms with Crippen molar-refractivity contribution < 1.29 is 14.4 Å². The van der Waals surface area contributed by atoms with Gasteiger partial charge in [-0.3, -0.25) is 14.7 Å². The van der Waals surface area contributed by atoms with E-state index in [0.717, 1.165) is 53.8 Å². The van der Waals surface area contributed by atoms with Crippen molar-refractivity contribution in [1.82, 2.24) is 29.8 Å². The molecule has 4 amide bonds. The highest BCUT2D eigenvalue weighted by Crippen LogP contribution is 2.37. The summed E-state index contributed by atoms with van der Waals surface area (Å²) in [6, 6.07) is 9.82. The van der Waals surface area contributed by atoms with Crippen LogP contribution in [0, 0.1) is 5.92 Å². The van der Waals surface area contributed by atoms with E-state index in [-0.39, 0.29) is 30.3 Å². The third-order valence-corrected chi connectivity index (χ3v) is 10.9. The summed E-state index contributed by atoms with van der Waals surface area (Å²) in [4.78, 5) is 49.2. The minimum absolute atomic E-state index is 0.00105. The molecule has 0 spiro atoms. The van der Waals surface area contributed by atoms with Crippen molar-refractivity contribution in [2.75, 3.05) is 51.1 Å². The van der Waals surface area contributed by atoms with Gasteiger partial charge >= 0.3 is 6.03 Å². The number of amides is 4. The Balaban J connectivity index is 1.05. The molecule has 0 aliphatic carbocycles. The fourth-order valence-electron chi connectivity index (χ4n) is 7.78. The number of aromatic nitrogens is 2. The summed E-state index contributed by atoms with van der Waals surface area (Å²) in [5.41, 5.74) is 4.52. The summed E-state index contributed by atoms with van der Waals surface area (Å²) < 4.78 is 0. The third-order valence-electron chi connectivity index (χ3n) is 10.4. The van der Waals surface area contributed by atoms with Crippen LogP contribution in [0.1, 0.15) is 55.2 Å². The van der Waals surface area contributed by atoms with Crippen LogP contribution in [0.3, 0.4) is 0 Å². The minimum Gasteiger partial charge on any atom is -0.343 e. The van der Waals surface area contributed by atoms with Gasteiger partial charge in [-0.2, -0.15) is 5.10 Å². The Morgan fingerprint density at radius 1 is 0.957 bits per heavy atom. The number of carbonyl (C=O) groups excluding carboxylic acids is 3. The van der Waals surface area contributed by atoms with Crippen LogP contribution in [0.2, 0.25) is 10.2 Å². The first-order valence-corrected chi connectivity index (χ1v) is 17.4. The number of nitrogens with one attached hydrogen (secondary N) is 2. The Hall–Kier alpha value is -3.34. The first-order chi connectivity index (χ1) is 22.4. The molecule has 46 heavy (non-hydrogen) atoms. The average Bonchev–Trinajstić information content (AvgIpc) is 3.31. The van der Waals surface area contributed by atoms with Gasteiger partial charge in [-0.25, -0.2) is 4.79 Å². The Morgan fingerprint density at radius 2 is 1.74 bits per heavy atom. The molecule has 10 nitrogen and oxygen atoms in total. The molecule has 12 heteroatoms. The third kappa shape index (κ3) is 6.31. The van der Waals surface area contributed by atoms with E-state index in [4.69, 9.17) is 23.2 Å². The van der Waals surface area contributed by atoms with E-state index in [1.807, 2.05) is 39.0 Å². The smallest absolute Gasteiger partial charge is 0.322 e. The Morgan fingerprint density at radius 3 is 2.54 bits per heavy atom. The first-order valence-electron chi connectivity index (χ1n) is 16.6. The highest BCUT2D eigenvalue weighted by atomic mass is 35.5. The van der Waals surface area contributed by atoms with Crippen LogP contribution in [-0.4, -0.2) is 99.5 Å². The van der Waals surface area contributed by atoms with Crippen molar-refractivity contribution in [2.24, 2.45) is 5.92 Å². The molecule has 0 radical (unpaired) electrons. The maximum absolute atomic E-state index is 14.2. The topological polar surface area (TPSA) is 105 Å². The molecular weight excluding hydrogens is 625 g/mol.